The molecule has 1 aromatic carbocycles. The highest BCUT2D eigenvalue weighted by Crippen LogP contribution is 2.50. The van der Waals surface area contributed by atoms with E-state index >= 15 is 0 Å². The van der Waals surface area contributed by atoms with Crippen LogP contribution >= 0.6 is 23.2 Å². The van der Waals surface area contributed by atoms with Gasteiger partial charge < -0.3 is 10.2 Å². The molecule has 11 heteroatoms. The Hall–Kier alpha value is -2.67. The molecule has 2 unspecified atom stereocenters. The van der Waals surface area contributed by atoms with Crippen molar-refractivity contribution in [3.05, 3.63) is 58.3 Å². The number of carbonyl (C=O) groups excluding carboxylic acids is 2. The molecule has 1 N–H and O–H groups in total. The van der Waals surface area contributed by atoms with Gasteiger partial charge in [0.25, 0.3) is 0 Å². The summed E-state index contributed by atoms with van der Waals surface area (Å²) < 4.78 is 27.0. The first-order valence-corrected chi connectivity index (χ1v) is 13.6. The van der Waals surface area contributed by atoms with Crippen molar-refractivity contribution in [2.45, 2.75) is 59.2 Å². The third-order valence-electron chi connectivity index (χ3n) is 7.11. The molecule has 1 aliphatic heterocycles. The van der Waals surface area contributed by atoms with Crippen LogP contribution in [-0.4, -0.2) is 53.5 Å². The van der Waals surface area contributed by atoms with Gasteiger partial charge >= 0.3 is 0 Å². The second-order valence-corrected chi connectivity index (χ2v) is 12.5. The minimum atomic E-state index is -3.94. The molecular weight excluding hydrogens is 511 g/mol. The van der Waals surface area contributed by atoms with Crippen LogP contribution < -0.4 is 5.32 Å². The Morgan fingerprint density at radius 1 is 1.11 bits per heavy atom. The van der Waals surface area contributed by atoms with Crippen molar-refractivity contribution in [3.8, 4) is 6.07 Å². The maximum absolute atomic E-state index is 13.8. The number of nitrogens with one attached hydrogen (secondary N) is 1. The SMILES string of the molecule is N#CC1(NC(=O)C2CC(S(=O)(=O)c3ccccc3Cl)CN2C(=O)C2(c3ccc(Cl)cn3)CC2)CC1. The lowest BCUT2D eigenvalue weighted by Gasteiger charge is -2.28. The van der Waals surface area contributed by atoms with E-state index in [1.807, 2.05) is 0 Å². The van der Waals surface area contributed by atoms with Gasteiger partial charge in [-0.3, -0.25) is 14.6 Å². The van der Waals surface area contributed by atoms with Crippen LogP contribution in [0.4, 0.5) is 0 Å². The number of halogens is 2. The highest BCUT2D eigenvalue weighted by Gasteiger charge is 2.59. The number of hydrogen-bond acceptors (Lipinski definition) is 6. The van der Waals surface area contributed by atoms with Crippen LogP contribution in [0.3, 0.4) is 0 Å². The van der Waals surface area contributed by atoms with Crippen LogP contribution in [0.2, 0.25) is 10.0 Å². The molecule has 2 aliphatic carbocycles. The summed E-state index contributed by atoms with van der Waals surface area (Å²) >= 11 is 12.1. The van der Waals surface area contributed by atoms with Crippen LogP contribution in [0, 0.1) is 11.3 Å². The summed E-state index contributed by atoms with van der Waals surface area (Å²) in [6.45, 7) is -0.153. The molecule has 0 bridgehead atoms. The molecule has 2 atom stereocenters. The van der Waals surface area contributed by atoms with Gasteiger partial charge in [-0.15, -0.1) is 0 Å². The van der Waals surface area contributed by atoms with Crippen LogP contribution in [0.25, 0.3) is 0 Å². The van der Waals surface area contributed by atoms with Gasteiger partial charge in [-0.2, -0.15) is 5.26 Å². The predicted octanol–water partition coefficient (Wildman–Crippen LogP) is 3.04. The van der Waals surface area contributed by atoms with E-state index in [9.17, 15) is 23.3 Å². The Kier molecular flexibility index (Phi) is 5.82. The topological polar surface area (TPSA) is 120 Å². The quantitative estimate of drug-likeness (QED) is 0.610. The summed E-state index contributed by atoms with van der Waals surface area (Å²) in [5.74, 6) is -0.861. The average molecular weight is 533 g/mol. The summed E-state index contributed by atoms with van der Waals surface area (Å²) in [5, 5.41) is 11.7. The predicted molar refractivity (Wildman–Crippen MR) is 128 cm³/mol. The lowest BCUT2D eigenvalue weighted by Crippen LogP contribution is -2.51. The van der Waals surface area contributed by atoms with Crippen molar-refractivity contribution in [3.63, 3.8) is 0 Å². The largest absolute Gasteiger partial charge is 0.336 e. The first kappa shape index (κ1) is 24.0. The molecule has 35 heavy (non-hydrogen) atoms. The van der Waals surface area contributed by atoms with E-state index in [-0.39, 0.29) is 28.8 Å². The Bertz CT molecular complexity index is 1350. The maximum Gasteiger partial charge on any atom is 0.244 e. The Labute approximate surface area is 213 Å². The number of rotatable bonds is 6. The summed E-state index contributed by atoms with van der Waals surface area (Å²) in [5.41, 5.74) is -1.32. The summed E-state index contributed by atoms with van der Waals surface area (Å²) in [6, 6.07) is 10.5. The van der Waals surface area contributed by atoms with Gasteiger partial charge in [0.2, 0.25) is 11.8 Å². The molecule has 8 nitrogen and oxygen atoms in total. The number of nitrogens with zero attached hydrogens (tertiary/aromatic N) is 3. The van der Waals surface area contributed by atoms with Crippen molar-refractivity contribution in [2.24, 2.45) is 0 Å². The second-order valence-electron chi connectivity index (χ2n) is 9.43. The lowest BCUT2D eigenvalue weighted by atomic mass is 9.99. The van der Waals surface area contributed by atoms with E-state index in [4.69, 9.17) is 23.2 Å². The van der Waals surface area contributed by atoms with Gasteiger partial charge in [0, 0.05) is 12.7 Å². The number of nitriles is 1. The first-order valence-electron chi connectivity index (χ1n) is 11.3. The molecule has 1 aromatic heterocycles. The zero-order valence-corrected chi connectivity index (χ0v) is 20.9. The molecular formula is C24H22Cl2N4O4S. The number of hydrogen-bond donors (Lipinski definition) is 1. The van der Waals surface area contributed by atoms with E-state index in [1.54, 1.807) is 24.3 Å². The van der Waals surface area contributed by atoms with E-state index in [2.05, 4.69) is 16.4 Å². The summed E-state index contributed by atoms with van der Waals surface area (Å²) in [4.78, 5) is 32.8. The van der Waals surface area contributed by atoms with Gasteiger partial charge in [0.1, 0.15) is 11.6 Å². The number of pyridine rings is 1. The molecule has 182 valence electrons. The van der Waals surface area contributed by atoms with E-state index in [0.29, 0.717) is 36.4 Å². The molecule has 1 saturated heterocycles. The zero-order chi connectivity index (χ0) is 25.0. The van der Waals surface area contributed by atoms with E-state index in [1.165, 1.54) is 23.2 Å². The van der Waals surface area contributed by atoms with Gasteiger partial charge in [-0.05, 0) is 56.4 Å². The maximum atomic E-state index is 13.8. The van der Waals surface area contributed by atoms with Crippen molar-refractivity contribution < 1.29 is 18.0 Å². The number of amides is 2. The number of benzene rings is 1. The third-order valence-corrected chi connectivity index (χ3v) is 9.97. The minimum absolute atomic E-state index is 0.0312. The molecule has 5 rings (SSSR count). The molecule has 0 radical (unpaired) electrons. The van der Waals surface area contributed by atoms with E-state index < -0.39 is 38.0 Å². The molecule has 2 aromatic rings. The molecule has 3 fully saturated rings. The summed E-state index contributed by atoms with van der Waals surface area (Å²) in [6.07, 6.45) is 3.50. The lowest BCUT2D eigenvalue weighted by molar-refractivity contribution is -0.140. The number of carbonyl (C=O) groups is 2. The number of likely N-dealkylation sites (tertiary alicyclic amines) is 1. The fourth-order valence-corrected chi connectivity index (χ4v) is 7.03. The van der Waals surface area contributed by atoms with Crippen molar-refractivity contribution >= 4 is 44.9 Å². The van der Waals surface area contributed by atoms with Gasteiger partial charge in [0.05, 0.1) is 37.4 Å². The Morgan fingerprint density at radius 3 is 2.40 bits per heavy atom. The third kappa shape index (κ3) is 4.18. The van der Waals surface area contributed by atoms with Crippen molar-refractivity contribution in [1.82, 2.24) is 15.2 Å². The van der Waals surface area contributed by atoms with E-state index in [0.717, 1.165) is 0 Å². The van der Waals surface area contributed by atoms with Crippen LogP contribution in [0.5, 0.6) is 0 Å². The molecule has 2 heterocycles. The van der Waals surface area contributed by atoms with Crippen LogP contribution in [0.15, 0.2) is 47.5 Å². The fourth-order valence-electron chi connectivity index (χ4n) is 4.70. The van der Waals surface area contributed by atoms with Gasteiger partial charge in [0.15, 0.2) is 9.84 Å². The average Bonchev–Trinajstić information content (AvgIpc) is 3.76. The second kappa shape index (κ2) is 8.47. The highest BCUT2D eigenvalue weighted by atomic mass is 35.5. The van der Waals surface area contributed by atoms with Crippen molar-refractivity contribution in [2.75, 3.05) is 6.54 Å². The first-order chi connectivity index (χ1) is 16.6. The minimum Gasteiger partial charge on any atom is -0.336 e. The van der Waals surface area contributed by atoms with Gasteiger partial charge in [-0.1, -0.05) is 35.3 Å². The standard InChI is InChI=1S/C24H22Cl2N4O4S/c25-15-5-6-20(28-12-15)24(9-10-24)22(32)30-13-16(35(33,34)19-4-2-1-3-17(19)26)11-18(30)21(31)29-23(14-27)7-8-23/h1-6,12,16,18H,7-11,13H2,(H,29,31). The Balaban J connectivity index is 1.48. The molecule has 2 saturated carbocycles. The van der Waals surface area contributed by atoms with Crippen molar-refractivity contribution in [1.29, 1.82) is 5.26 Å². The number of sulfone groups is 1. The van der Waals surface area contributed by atoms with Crippen LogP contribution in [0.1, 0.15) is 37.8 Å². The zero-order valence-electron chi connectivity index (χ0n) is 18.6. The monoisotopic (exact) mass is 532 g/mol. The fraction of sp³-hybridized carbons (Fsp3) is 0.417. The molecule has 0 spiro atoms. The highest BCUT2D eigenvalue weighted by molar-refractivity contribution is 7.92. The van der Waals surface area contributed by atoms with Gasteiger partial charge in [-0.25, -0.2) is 8.42 Å². The van der Waals surface area contributed by atoms with Crippen LogP contribution in [-0.2, 0) is 24.8 Å². The summed E-state index contributed by atoms with van der Waals surface area (Å²) in [7, 11) is -3.94. The smallest absolute Gasteiger partial charge is 0.244 e. The molecule has 3 aliphatic rings. The molecule has 2 amide bonds. The number of aromatic nitrogens is 1. The normalized spacial score (nSPS) is 23.9. The Morgan fingerprint density at radius 2 is 1.83 bits per heavy atom.